The number of benzene rings is 3. The Morgan fingerprint density at radius 2 is 1.56 bits per heavy atom. The number of fused-ring (bicyclic) bond motifs is 4. The Bertz CT molecular complexity index is 1740. The second-order valence-corrected chi connectivity index (χ2v) is 10.4. The van der Waals surface area contributed by atoms with E-state index in [0.717, 1.165) is 22.0 Å². The molecule has 0 saturated heterocycles. The molecule has 8 nitrogen and oxygen atoms in total. The van der Waals surface area contributed by atoms with Gasteiger partial charge >= 0.3 is 5.97 Å². The van der Waals surface area contributed by atoms with Gasteiger partial charge in [-0.15, -0.1) is 10.2 Å². The van der Waals surface area contributed by atoms with Gasteiger partial charge in [0, 0.05) is 28.2 Å². The van der Waals surface area contributed by atoms with E-state index in [1.807, 2.05) is 95.7 Å². The van der Waals surface area contributed by atoms with Crippen LogP contribution in [0.15, 0.2) is 85.1 Å². The minimum absolute atomic E-state index is 0.253. The smallest absolute Gasteiger partial charge is 0.326 e. The van der Waals surface area contributed by atoms with E-state index in [2.05, 4.69) is 15.2 Å². The van der Waals surface area contributed by atoms with E-state index in [1.54, 1.807) is 20.8 Å². The first-order valence-corrected chi connectivity index (χ1v) is 12.7. The number of rotatable bonds is 4. The van der Waals surface area contributed by atoms with Gasteiger partial charge < -0.3 is 9.72 Å². The van der Waals surface area contributed by atoms with Crippen molar-refractivity contribution < 1.29 is 14.3 Å². The minimum Gasteiger partial charge on any atom is -0.459 e. The lowest BCUT2D eigenvalue weighted by Crippen LogP contribution is -2.39. The molecule has 1 N–H and O–H groups in total. The third-order valence-electron chi connectivity index (χ3n) is 6.45. The number of anilines is 1. The van der Waals surface area contributed by atoms with E-state index in [4.69, 9.17) is 4.74 Å². The maximum Gasteiger partial charge on any atom is 0.326 e. The zero-order valence-electron chi connectivity index (χ0n) is 21.9. The highest BCUT2D eigenvalue weighted by Gasteiger charge is 2.35. The number of H-pyrrole nitrogens is 1. The molecule has 5 aromatic rings. The van der Waals surface area contributed by atoms with Gasteiger partial charge in [-0.3, -0.25) is 19.1 Å². The molecule has 194 valence electrons. The first kappa shape index (κ1) is 24.4. The molecule has 0 bridgehead atoms. The van der Waals surface area contributed by atoms with Crippen LogP contribution in [-0.4, -0.2) is 43.8 Å². The van der Waals surface area contributed by atoms with E-state index < -0.39 is 11.6 Å². The van der Waals surface area contributed by atoms with Gasteiger partial charge in [-0.2, -0.15) is 0 Å². The largest absolute Gasteiger partial charge is 0.459 e. The van der Waals surface area contributed by atoms with Gasteiger partial charge in [0.1, 0.15) is 12.1 Å². The quantitative estimate of drug-likeness (QED) is 0.246. The SMILES string of the molecule is CC(C)(C)OC(=O)CN1C(=O)/C(=C/c2c[nH]c3ccccc23)c2nnc(-c3ccccc3)n2-c2ccccc21. The van der Waals surface area contributed by atoms with Crippen LogP contribution in [0.4, 0.5) is 5.69 Å². The number of nitrogens with zero attached hydrogens (tertiary/aromatic N) is 4. The third-order valence-corrected chi connectivity index (χ3v) is 6.45. The van der Waals surface area contributed by atoms with Gasteiger partial charge in [0.2, 0.25) is 0 Å². The van der Waals surface area contributed by atoms with Crippen molar-refractivity contribution in [2.75, 3.05) is 11.4 Å². The number of aromatic amines is 1. The minimum atomic E-state index is -0.689. The number of carbonyl (C=O) groups is 2. The molecule has 0 aliphatic carbocycles. The number of ether oxygens (including phenoxy) is 1. The molecule has 0 fully saturated rings. The van der Waals surface area contributed by atoms with E-state index in [9.17, 15) is 9.59 Å². The van der Waals surface area contributed by atoms with Crippen molar-refractivity contribution in [2.45, 2.75) is 26.4 Å². The highest BCUT2D eigenvalue weighted by molar-refractivity contribution is 6.31. The lowest BCUT2D eigenvalue weighted by Gasteiger charge is -2.25. The Morgan fingerprint density at radius 3 is 2.33 bits per heavy atom. The molecule has 0 radical (unpaired) electrons. The maximum absolute atomic E-state index is 14.3. The average Bonchev–Trinajstić information content (AvgIpc) is 3.52. The van der Waals surface area contributed by atoms with Gasteiger partial charge in [-0.1, -0.05) is 60.7 Å². The monoisotopic (exact) mass is 517 g/mol. The number of esters is 1. The molecule has 6 rings (SSSR count). The molecular formula is C31H27N5O3. The lowest BCUT2D eigenvalue weighted by molar-refractivity contribution is -0.153. The number of para-hydroxylation sites is 3. The van der Waals surface area contributed by atoms with Crippen LogP contribution >= 0.6 is 0 Å². The summed E-state index contributed by atoms with van der Waals surface area (Å²) in [6.45, 7) is 5.16. The van der Waals surface area contributed by atoms with Crippen LogP contribution in [0.5, 0.6) is 0 Å². The van der Waals surface area contributed by atoms with Crippen molar-refractivity contribution in [1.82, 2.24) is 19.7 Å². The third kappa shape index (κ3) is 4.50. The Labute approximate surface area is 225 Å². The molecule has 1 amide bonds. The van der Waals surface area contributed by atoms with Crippen molar-refractivity contribution in [3.8, 4) is 17.1 Å². The van der Waals surface area contributed by atoms with E-state index in [1.165, 1.54) is 4.90 Å². The van der Waals surface area contributed by atoms with Crippen molar-refractivity contribution in [3.05, 3.63) is 96.4 Å². The number of hydrogen-bond acceptors (Lipinski definition) is 5. The second kappa shape index (κ2) is 9.40. The standard InChI is InChI=1S/C31H27N5O3/c1-31(2,3)39-27(37)19-35-25-15-9-10-16-26(25)36-28(20-11-5-4-6-12-20)33-34-29(36)23(30(35)38)17-21-18-32-24-14-8-7-13-22(21)24/h4-18,32H,19H2,1-3H3/b23-17+. The van der Waals surface area contributed by atoms with Gasteiger partial charge in [0.25, 0.3) is 5.91 Å². The Hall–Kier alpha value is -4.98. The molecule has 2 aromatic heterocycles. The van der Waals surface area contributed by atoms with Crippen LogP contribution < -0.4 is 4.90 Å². The lowest BCUT2D eigenvalue weighted by atomic mass is 10.1. The van der Waals surface area contributed by atoms with Crippen LogP contribution in [0, 0.1) is 0 Å². The van der Waals surface area contributed by atoms with E-state index in [-0.39, 0.29) is 12.5 Å². The van der Waals surface area contributed by atoms with E-state index in [0.29, 0.717) is 28.6 Å². The first-order valence-electron chi connectivity index (χ1n) is 12.7. The summed E-state index contributed by atoms with van der Waals surface area (Å²) in [5.41, 5.74) is 3.51. The van der Waals surface area contributed by atoms with Crippen molar-refractivity contribution >= 4 is 40.1 Å². The summed E-state index contributed by atoms with van der Waals surface area (Å²) in [7, 11) is 0. The topological polar surface area (TPSA) is 93.1 Å². The van der Waals surface area contributed by atoms with Crippen LogP contribution in [0.2, 0.25) is 0 Å². The Balaban J connectivity index is 1.59. The normalized spacial score (nSPS) is 14.3. The van der Waals surface area contributed by atoms with Gasteiger partial charge in [-0.05, 0) is 45.0 Å². The number of carbonyl (C=O) groups excluding carboxylic acids is 2. The Kier molecular flexibility index (Phi) is 5.87. The molecular weight excluding hydrogens is 490 g/mol. The highest BCUT2D eigenvalue weighted by Crippen LogP contribution is 2.38. The summed E-state index contributed by atoms with van der Waals surface area (Å²) in [5, 5.41) is 10.0. The van der Waals surface area contributed by atoms with Crippen LogP contribution in [0.25, 0.3) is 39.6 Å². The molecule has 8 heteroatoms. The molecule has 39 heavy (non-hydrogen) atoms. The predicted molar refractivity (Wildman–Crippen MR) is 151 cm³/mol. The summed E-state index contributed by atoms with van der Waals surface area (Å²) in [6, 6.07) is 25.0. The van der Waals surface area contributed by atoms with E-state index >= 15 is 0 Å². The fourth-order valence-corrected chi connectivity index (χ4v) is 4.85. The number of aromatic nitrogens is 4. The first-order chi connectivity index (χ1) is 18.8. The zero-order chi connectivity index (χ0) is 27.1. The Morgan fingerprint density at radius 1 is 0.897 bits per heavy atom. The predicted octanol–water partition coefficient (Wildman–Crippen LogP) is 5.64. The number of nitrogens with one attached hydrogen (secondary N) is 1. The van der Waals surface area contributed by atoms with Crippen molar-refractivity contribution in [1.29, 1.82) is 0 Å². The molecule has 0 atom stereocenters. The summed E-state index contributed by atoms with van der Waals surface area (Å²) in [6.07, 6.45) is 3.67. The van der Waals surface area contributed by atoms with Gasteiger partial charge in [0.05, 0.1) is 16.9 Å². The van der Waals surface area contributed by atoms with Crippen LogP contribution in [0.3, 0.4) is 0 Å². The molecule has 1 aliphatic rings. The molecule has 0 unspecified atom stereocenters. The number of hydrogen-bond donors (Lipinski definition) is 1. The number of amides is 1. The van der Waals surface area contributed by atoms with Gasteiger partial charge in [0.15, 0.2) is 11.6 Å². The molecule has 0 spiro atoms. The summed E-state index contributed by atoms with van der Waals surface area (Å²) < 4.78 is 7.49. The summed E-state index contributed by atoms with van der Waals surface area (Å²) in [4.78, 5) is 32.1. The van der Waals surface area contributed by atoms with Gasteiger partial charge in [-0.25, -0.2) is 0 Å². The molecule has 0 saturated carbocycles. The summed E-state index contributed by atoms with van der Waals surface area (Å²) >= 11 is 0. The molecule has 3 heterocycles. The molecule has 3 aromatic carbocycles. The van der Waals surface area contributed by atoms with Crippen molar-refractivity contribution in [2.24, 2.45) is 0 Å². The van der Waals surface area contributed by atoms with Crippen LogP contribution in [0.1, 0.15) is 32.2 Å². The summed E-state index contributed by atoms with van der Waals surface area (Å²) in [5.74, 6) is 0.112. The fourth-order valence-electron chi connectivity index (χ4n) is 4.85. The maximum atomic E-state index is 14.3. The average molecular weight is 518 g/mol. The zero-order valence-corrected chi connectivity index (χ0v) is 21.9. The highest BCUT2D eigenvalue weighted by atomic mass is 16.6. The second-order valence-electron chi connectivity index (χ2n) is 10.4. The fraction of sp³-hybridized carbons (Fsp3) is 0.161. The van der Waals surface area contributed by atoms with Crippen LogP contribution in [-0.2, 0) is 14.3 Å². The molecule has 1 aliphatic heterocycles. The van der Waals surface area contributed by atoms with Crippen molar-refractivity contribution in [3.63, 3.8) is 0 Å².